The molecular weight excluding hydrogens is 304 g/mol. The van der Waals surface area contributed by atoms with E-state index in [9.17, 15) is 4.79 Å². The highest BCUT2D eigenvalue weighted by Crippen LogP contribution is 2.38. The summed E-state index contributed by atoms with van der Waals surface area (Å²) in [4.78, 5) is 16.9. The van der Waals surface area contributed by atoms with Crippen molar-refractivity contribution >= 4 is 5.91 Å². The topological polar surface area (TPSA) is 50.6 Å². The number of ether oxygens (including phenoxy) is 1. The number of hydrogen-bond donors (Lipinski definition) is 0. The predicted octanol–water partition coefficient (Wildman–Crippen LogP) is 1.41. The van der Waals surface area contributed by atoms with Crippen LogP contribution in [0, 0.1) is 5.92 Å². The van der Waals surface area contributed by atoms with E-state index in [0.717, 1.165) is 44.9 Å². The van der Waals surface area contributed by atoms with Gasteiger partial charge in [0.25, 0.3) is 0 Å². The lowest BCUT2D eigenvalue weighted by Crippen LogP contribution is -2.64. The Balaban J connectivity index is 1.38. The zero-order valence-corrected chi connectivity index (χ0v) is 14.8. The van der Waals surface area contributed by atoms with E-state index >= 15 is 0 Å². The van der Waals surface area contributed by atoms with Gasteiger partial charge in [-0.05, 0) is 38.5 Å². The quantitative estimate of drug-likeness (QED) is 0.837. The SMILES string of the molecule is CC1N(CC2CC2)C(=O)COC12CCN(Cc1cnn(C)c1)CC2. The van der Waals surface area contributed by atoms with E-state index in [0.29, 0.717) is 0 Å². The van der Waals surface area contributed by atoms with Crippen molar-refractivity contribution < 1.29 is 9.53 Å². The summed E-state index contributed by atoms with van der Waals surface area (Å²) in [6, 6.07) is 0.194. The third kappa shape index (κ3) is 3.09. The molecule has 6 heteroatoms. The number of rotatable bonds is 4. The number of piperidine rings is 1. The van der Waals surface area contributed by atoms with Crippen molar-refractivity contribution in [3.63, 3.8) is 0 Å². The van der Waals surface area contributed by atoms with Gasteiger partial charge in [-0.2, -0.15) is 5.10 Å². The first-order chi connectivity index (χ1) is 11.6. The molecule has 2 aliphatic heterocycles. The fourth-order valence-electron chi connectivity index (χ4n) is 4.21. The Labute approximate surface area is 143 Å². The number of carbonyl (C=O) groups is 1. The number of nitrogens with zero attached hydrogens (tertiary/aromatic N) is 4. The summed E-state index contributed by atoms with van der Waals surface area (Å²) in [5.74, 6) is 0.912. The van der Waals surface area contributed by atoms with Gasteiger partial charge in [-0.3, -0.25) is 14.4 Å². The summed E-state index contributed by atoms with van der Waals surface area (Å²) in [6.07, 6.45) is 8.60. The molecule has 1 aromatic heterocycles. The molecule has 3 aliphatic rings. The first-order valence-electron chi connectivity index (χ1n) is 9.19. The lowest BCUT2D eigenvalue weighted by molar-refractivity contribution is -0.187. The molecule has 1 aromatic rings. The number of amides is 1. The van der Waals surface area contributed by atoms with E-state index < -0.39 is 0 Å². The predicted molar refractivity (Wildman–Crippen MR) is 90.3 cm³/mol. The van der Waals surface area contributed by atoms with Crippen LogP contribution in [0.5, 0.6) is 0 Å². The molecule has 0 N–H and O–H groups in total. The summed E-state index contributed by atoms with van der Waals surface area (Å²) in [7, 11) is 1.96. The minimum atomic E-state index is -0.145. The highest BCUT2D eigenvalue weighted by atomic mass is 16.5. The highest BCUT2D eigenvalue weighted by molar-refractivity contribution is 5.78. The average molecular weight is 332 g/mol. The van der Waals surface area contributed by atoms with E-state index in [1.807, 2.05) is 17.9 Å². The second-order valence-electron chi connectivity index (χ2n) is 7.82. The van der Waals surface area contributed by atoms with Crippen molar-refractivity contribution in [1.82, 2.24) is 19.6 Å². The Bertz CT molecular complexity index is 602. The minimum absolute atomic E-state index is 0.145. The van der Waals surface area contributed by atoms with Crippen LogP contribution >= 0.6 is 0 Å². The maximum absolute atomic E-state index is 12.3. The summed E-state index contributed by atoms with van der Waals surface area (Å²) < 4.78 is 7.99. The Hall–Kier alpha value is -1.40. The molecule has 0 aromatic carbocycles. The molecule has 4 rings (SSSR count). The normalized spacial score (nSPS) is 27.8. The number of likely N-dealkylation sites (tertiary alicyclic amines) is 1. The molecule has 0 bridgehead atoms. The number of aromatic nitrogens is 2. The van der Waals surface area contributed by atoms with Crippen molar-refractivity contribution in [2.45, 2.75) is 50.8 Å². The summed E-state index contributed by atoms with van der Waals surface area (Å²) in [5, 5.41) is 4.25. The lowest BCUT2D eigenvalue weighted by atomic mass is 9.82. The van der Waals surface area contributed by atoms with Crippen LogP contribution < -0.4 is 0 Å². The van der Waals surface area contributed by atoms with Crippen molar-refractivity contribution in [3.05, 3.63) is 18.0 Å². The van der Waals surface area contributed by atoms with Gasteiger partial charge in [-0.1, -0.05) is 0 Å². The summed E-state index contributed by atoms with van der Waals surface area (Å²) >= 11 is 0. The van der Waals surface area contributed by atoms with Gasteiger partial charge in [0.2, 0.25) is 5.91 Å². The standard InChI is InChI=1S/C18H28N4O2/c1-14-18(24-13-17(23)22(14)12-15-3-4-15)5-7-21(8-6-18)11-16-9-19-20(2)10-16/h9-10,14-15H,3-8,11-13H2,1-2H3. The van der Waals surface area contributed by atoms with Gasteiger partial charge in [0.15, 0.2) is 0 Å². The molecule has 1 unspecified atom stereocenters. The Morgan fingerprint density at radius 3 is 2.71 bits per heavy atom. The van der Waals surface area contributed by atoms with E-state index in [1.165, 1.54) is 18.4 Å². The van der Waals surface area contributed by atoms with E-state index in [1.54, 1.807) is 0 Å². The van der Waals surface area contributed by atoms with Crippen LogP contribution in [0.4, 0.5) is 0 Å². The molecule has 24 heavy (non-hydrogen) atoms. The monoisotopic (exact) mass is 332 g/mol. The molecule has 6 nitrogen and oxygen atoms in total. The van der Waals surface area contributed by atoms with Gasteiger partial charge in [0.1, 0.15) is 6.61 Å². The van der Waals surface area contributed by atoms with Crippen LogP contribution in [0.3, 0.4) is 0 Å². The zero-order valence-electron chi connectivity index (χ0n) is 14.8. The highest BCUT2D eigenvalue weighted by Gasteiger charge is 2.48. The third-order valence-corrected chi connectivity index (χ3v) is 6.05. The molecule has 2 saturated heterocycles. The largest absolute Gasteiger partial charge is 0.363 e. The third-order valence-electron chi connectivity index (χ3n) is 6.05. The molecule has 1 aliphatic carbocycles. The van der Waals surface area contributed by atoms with Gasteiger partial charge in [0, 0.05) is 45.0 Å². The van der Waals surface area contributed by atoms with Crippen LogP contribution in [0.15, 0.2) is 12.4 Å². The van der Waals surface area contributed by atoms with Gasteiger partial charge in [0.05, 0.1) is 17.8 Å². The molecule has 0 radical (unpaired) electrons. The van der Waals surface area contributed by atoms with E-state index in [4.69, 9.17) is 4.74 Å². The Morgan fingerprint density at radius 1 is 1.33 bits per heavy atom. The molecule has 3 heterocycles. The second-order valence-corrected chi connectivity index (χ2v) is 7.82. The molecule has 1 saturated carbocycles. The van der Waals surface area contributed by atoms with Crippen LogP contribution in [-0.2, 0) is 23.1 Å². The number of hydrogen-bond acceptors (Lipinski definition) is 4. The molecule has 1 spiro atoms. The van der Waals surface area contributed by atoms with Gasteiger partial charge in [-0.15, -0.1) is 0 Å². The summed E-state index contributed by atoms with van der Waals surface area (Å²) in [6.45, 7) is 6.37. The molecule has 1 amide bonds. The van der Waals surface area contributed by atoms with Crippen molar-refractivity contribution in [3.8, 4) is 0 Å². The fraction of sp³-hybridized carbons (Fsp3) is 0.778. The molecule has 3 fully saturated rings. The minimum Gasteiger partial charge on any atom is -0.363 e. The van der Waals surface area contributed by atoms with Crippen molar-refractivity contribution in [1.29, 1.82) is 0 Å². The van der Waals surface area contributed by atoms with Crippen LogP contribution in [0.2, 0.25) is 0 Å². The summed E-state index contributed by atoms with van der Waals surface area (Å²) in [5.41, 5.74) is 1.12. The smallest absolute Gasteiger partial charge is 0.248 e. The molecule has 132 valence electrons. The average Bonchev–Trinajstić information content (AvgIpc) is 3.31. The van der Waals surface area contributed by atoms with Gasteiger partial charge < -0.3 is 9.64 Å². The number of carbonyl (C=O) groups excluding carboxylic acids is 1. The van der Waals surface area contributed by atoms with Crippen molar-refractivity contribution in [2.75, 3.05) is 26.2 Å². The Morgan fingerprint density at radius 2 is 2.08 bits per heavy atom. The number of aryl methyl sites for hydroxylation is 1. The maximum atomic E-state index is 12.3. The van der Waals surface area contributed by atoms with Gasteiger partial charge >= 0.3 is 0 Å². The Kier molecular flexibility index (Phi) is 4.12. The molecular formula is C18H28N4O2. The lowest BCUT2D eigenvalue weighted by Gasteiger charge is -2.51. The first-order valence-corrected chi connectivity index (χ1v) is 9.19. The zero-order chi connectivity index (χ0) is 16.7. The van der Waals surface area contributed by atoms with E-state index in [-0.39, 0.29) is 24.2 Å². The van der Waals surface area contributed by atoms with Gasteiger partial charge in [-0.25, -0.2) is 0 Å². The first kappa shape index (κ1) is 16.1. The van der Waals surface area contributed by atoms with Crippen LogP contribution in [0.1, 0.15) is 38.2 Å². The van der Waals surface area contributed by atoms with Crippen LogP contribution in [-0.4, -0.2) is 63.4 Å². The molecule has 1 atom stereocenters. The van der Waals surface area contributed by atoms with Crippen molar-refractivity contribution in [2.24, 2.45) is 13.0 Å². The fourth-order valence-corrected chi connectivity index (χ4v) is 4.21. The maximum Gasteiger partial charge on any atom is 0.248 e. The van der Waals surface area contributed by atoms with Crippen LogP contribution in [0.25, 0.3) is 0 Å². The number of morpholine rings is 1. The van der Waals surface area contributed by atoms with E-state index in [2.05, 4.69) is 28.0 Å². The second kappa shape index (κ2) is 6.15.